The monoisotopic (exact) mass is 488 g/mol. The minimum absolute atomic E-state index is 0.151. The molecule has 0 unspecified atom stereocenters. The van der Waals surface area contributed by atoms with Crippen LogP contribution in [0.5, 0.6) is 0 Å². The number of benzene rings is 2. The summed E-state index contributed by atoms with van der Waals surface area (Å²) in [5, 5.41) is 7.26. The third-order valence-electron chi connectivity index (χ3n) is 5.55. The summed E-state index contributed by atoms with van der Waals surface area (Å²) < 4.78 is 32.5. The SMILES string of the molecule is O=C(NCCc1ccc(Cl)cc1)c1nc(-c2ccc(S(=O)(=O)N3CCCCCC3)cc2)no1. The van der Waals surface area contributed by atoms with E-state index in [4.69, 9.17) is 16.1 Å². The number of carbonyl (C=O) groups is 1. The lowest BCUT2D eigenvalue weighted by atomic mass is 10.1. The molecule has 1 aliphatic heterocycles. The Morgan fingerprint density at radius 2 is 1.67 bits per heavy atom. The summed E-state index contributed by atoms with van der Waals surface area (Å²) in [7, 11) is -3.53. The molecule has 10 heteroatoms. The van der Waals surface area contributed by atoms with Gasteiger partial charge < -0.3 is 9.84 Å². The third-order valence-corrected chi connectivity index (χ3v) is 7.71. The van der Waals surface area contributed by atoms with Crippen LogP contribution in [0, 0.1) is 0 Å². The van der Waals surface area contributed by atoms with Gasteiger partial charge in [0.2, 0.25) is 15.8 Å². The summed E-state index contributed by atoms with van der Waals surface area (Å²) in [6.07, 6.45) is 4.51. The summed E-state index contributed by atoms with van der Waals surface area (Å²) in [5.74, 6) is -0.401. The van der Waals surface area contributed by atoms with E-state index in [-0.39, 0.29) is 16.6 Å². The largest absolute Gasteiger partial charge is 0.347 e. The highest BCUT2D eigenvalue weighted by molar-refractivity contribution is 7.89. The Morgan fingerprint density at radius 3 is 2.33 bits per heavy atom. The van der Waals surface area contributed by atoms with Crippen molar-refractivity contribution in [3.63, 3.8) is 0 Å². The number of halogens is 1. The van der Waals surface area contributed by atoms with Crippen molar-refractivity contribution in [3.05, 3.63) is 65.0 Å². The molecule has 8 nitrogen and oxygen atoms in total. The number of hydrogen-bond donors (Lipinski definition) is 1. The summed E-state index contributed by atoms with van der Waals surface area (Å²) >= 11 is 5.87. The van der Waals surface area contributed by atoms with E-state index in [0.717, 1.165) is 31.2 Å². The normalized spacial score (nSPS) is 15.2. The fraction of sp³-hybridized carbons (Fsp3) is 0.348. The first-order valence-corrected chi connectivity index (χ1v) is 12.7. The predicted molar refractivity (Wildman–Crippen MR) is 124 cm³/mol. The molecule has 0 atom stereocenters. The number of aromatic nitrogens is 2. The number of amides is 1. The molecule has 0 radical (unpaired) electrons. The van der Waals surface area contributed by atoms with Crippen molar-refractivity contribution in [3.8, 4) is 11.4 Å². The van der Waals surface area contributed by atoms with E-state index < -0.39 is 15.9 Å². The molecule has 1 aliphatic rings. The van der Waals surface area contributed by atoms with Crippen LogP contribution in [-0.2, 0) is 16.4 Å². The highest BCUT2D eigenvalue weighted by Gasteiger charge is 2.25. The average Bonchev–Trinajstić information content (AvgIpc) is 3.15. The van der Waals surface area contributed by atoms with Crippen LogP contribution in [0.1, 0.15) is 41.9 Å². The van der Waals surface area contributed by atoms with Crippen molar-refractivity contribution >= 4 is 27.5 Å². The maximum Gasteiger partial charge on any atom is 0.316 e. The Morgan fingerprint density at radius 1 is 1.00 bits per heavy atom. The van der Waals surface area contributed by atoms with E-state index in [1.54, 1.807) is 28.6 Å². The molecule has 0 aliphatic carbocycles. The summed E-state index contributed by atoms with van der Waals surface area (Å²) in [6.45, 7) is 1.50. The fourth-order valence-corrected chi connectivity index (χ4v) is 5.33. The standard InChI is InChI=1S/C23H25ClN4O4S/c24-19-9-5-17(6-10-19)13-14-25-22(29)23-26-21(27-32-23)18-7-11-20(12-8-18)33(30,31)28-15-3-1-2-4-16-28/h5-12H,1-4,13-16H2,(H,25,29). The van der Waals surface area contributed by atoms with Gasteiger partial charge in [0.25, 0.3) is 0 Å². The van der Waals surface area contributed by atoms with Gasteiger partial charge >= 0.3 is 11.8 Å². The summed E-state index contributed by atoms with van der Waals surface area (Å²) in [4.78, 5) is 16.7. The minimum Gasteiger partial charge on any atom is -0.347 e. The summed E-state index contributed by atoms with van der Waals surface area (Å²) in [6, 6.07) is 13.7. The van der Waals surface area contributed by atoms with Gasteiger partial charge in [0.1, 0.15) is 0 Å². The lowest BCUT2D eigenvalue weighted by Gasteiger charge is -2.19. The topological polar surface area (TPSA) is 105 Å². The van der Waals surface area contributed by atoms with E-state index in [1.165, 1.54) is 12.1 Å². The number of rotatable bonds is 7. The first-order valence-electron chi connectivity index (χ1n) is 10.9. The van der Waals surface area contributed by atoms with Gasteiger partial charge in [0.05, 0.1) is 4.90 Å². The van der Waals surface area contributed by atoms with Crippen LogP contribution in [0.4, 0.5) is 0 Å². The molecule has 4 rings (SSSR count). The van der Waals surface area contributed by atoms with Crippen molar-refractivity contribution in [2.75, 3.05) is 19.6 Å². The van der Waals surface area contributed by atoms with Crippen LogP contribution in [0.25, 0.3) is 11.4 Å². The molecule has 1 fully saturated rings. The molecular formula is C23H25ClN4O4S. The van der Waals surface area contributed by atoms with Crippen LogP contribution >= 0.6 is 11.6 Å². The Bertz CT molecular complexity index is 1190. The van der Waals surface area contributed by atoms with Gasteiger partial charge in [0.15, 0.2) is 0 Å². The van der Waals surface area contributed by atoms with Crippen LogP contribution in [-0.4, -0.2) is 48.4 Å². The average molecular weight is 489 g/mol. The lowest BCUT2D eigenvalue weighted by Crippen LogP contribution is -2.31. The zero-order chi connectivity index (χ0) is 23.3. The Hall–Kier alpha value is -2.75. The number of hydrogen-bond acceptors (Lipinski definition) is 6. The van der Waals surface area contributed by atoms with Gasteiger partial charge in [-0.3, -0.25) is 4.79 Å². The van der Waals surface area contributed by atoms with Crippen LogP contribution in [0.3, 0.4) is 0 Å². The smallest absolute Gasteiger partial charge is 0.316 e. The van der Waals surface area contributed by atoms with Crippen molar-refractivity contribution in [2.45, 2.75) is 37.0 Å². The molecule has 3 aromatic rings. The van der Waals surface area contributed by atoms with Gasteiger partial charge in [-0.05, 0) is 61.2 Å². The molecule has 1 saturated heterocycles. The first kappa shape index (κ1) is 23.4. The van der Waals surface area contributed by atoms with Crippen LogP contribution in [0.2, 0.25) is 5.02 Å². The molecule has 2 aromatic carbocycles. The van der Waals surface area contributed by atoms with Crippen LogP contribution < -0.4 is 5.32 Å². The predicted octanol–water partition coefficient (Wildman–Crippen LogP) is 3.93. The molecule has 1 aromatic heterocycles. The molecule has 0 saturated carbocycles. The second-order valence-electron chi connectivity index (χ2n) is 7.90. The van der Waals surface area contributed by atoms with Crippen molar-refractivity contribution < 1.29 is 17.7 Å². The highest BCUT2D eigenvalue weighted by Crippen LogP contribution is 2.23. The zero-order valence-corrected chi connectivity index (χ0v) is 19.6. The minimum atomic E-state index is -3.53. The lowest BCUT2D eigenvalue weighted by molar-refractivity contribution is 0.0910. The van der Waals surface area contributed by atoms with Crippen LogP contribution in [0.15, 0.2) is 57.9 Å². The number of nitrogens with zero attached hydrogens (tertiary/aromatic N) is 3. The fourth-order valence-electron chi connectivity index (χ4n) is 3.69. The van der Waals surface area contributed by atoms with E-state index >= 15 is 0 Å². The zero-order valence-electron chi connectivity index (χ0n) is 18.0. The van der Waals surface area contributed by atoms with Gasteiger partial charge in [-0.25, -0.2) is 8.42 Å². The van der Waals surface area contributed by atoms with Gasteiger partial charge in [-0.15, -0.1) is 0 Å². The highest BCUT2D eigenvalue weighted by atomic mass is 35.5. The van der Waals surface area contributed by atoms with E-state index in [1.807, 2.05) is 12.1 Å². The number of sulfonamides is 1. The summed E-state index contributed by atoms with van der Waals surface area (Å²) in [5.41, 5.74) is 1.61. The Labute approximate surface area is 198 Å². The second kappa shape index (κ2) is 10.5. The Kier molecular flexibility index (Phi) is 7.42. The quantitative estimate of drug-likeness (QED) is 0.540. The van der Waals surface area contributed by atoms with Crippen molar-refractivity contribution in [1.29, 1.82) is 0 Å². The second-order valence-corrected chi connectivity index (χ2v) is 10.3. The van der Waals surface area contributed by atoms with E-state index in [2.05, 4.69) is 15.5 Å². The van der Waals surface area contributed by atoms with Gasteiger partial charge in [-0.1, -0.05) is 41.7 Å². The molecule has 1 amide bonds. The van der Waals surface area contributed by atoms with Crippen molar-refractivity contribution in [1.82, 2.24) is 19.8 Å². The molecule has 0 bridgehead atoms. The maximum atomic E-state index is 12.9. The molecular weight excluding hydrogens is 464 g/mol. The molecule has 174 valence electrons. The molecule has 0 spiro atoms. The number of carbonyl (C=O) groups excluding carboxylic acids is 1. The van der Waals surface area contributed by atoms with E-state index in [0.29, 0.717) is 36.6 Å². The Balaban J connectivity index is 1.37. The molecule has 2 heterocycles. The third kappa shape index (κ3) is 5.79. The molecule has 1 N–H and O–H groups in total. The van der Waals surface area contributed by atoms with Crippen molar-refractivity contribution in [2.24, 2.45) is 0 Å². The number of nitrogens with one attached hydrogen (secondary N) is 1. The molecule has 33 heavy (non-hydrogen) atoms. The first-order chi connectivity index (χ1) is 15.9. The van der Waals surface area contributed by atoms with Gasteiger partial charge in [0, 0.05) is 30.2 Å². The van der Waals surface area contributed by atoms with Gasteiger partial charge in [-0.2, -0.15) is 9.29 Å². The van der Waals surface area contributed by atoms with E-state index in [9.17, 15) is 13.2 Å². The maximum absolute atomic E-state index is 12.9.